The van der Waals surface area contributed by atoms with Gasteiger partial charge >= 0.3 is 0 Å². The summed E-state index contributed by atoms with van der Waals surface area (Å²) in [6.07, 6.45) is 4.59. The van der Waals surface area contributed by atoms with Crippen LogP contribution in [0.25, 0.3) is 28.0 Å². The molecule has 2 aliphatic rings. The number of benzene rings is 3. The van der Waals surface area contributed by atoms with Gasteiger partial charge in [0.05, 0.1) is 17.5 Å². The maximum Gasteiger partial charge on any atom is 0.270 e. The van der Waals surface area contributed by atoms with Crippen molar-refractivity contribution in [3.8, 4) is 16.9 Å². The highest BCUT2D eigenvalue weighted by Gasteiger charge is 2.42. The Kier molecular flexibility index (Phi) is 8.84. The lowest BCUT2D eigenvalue weighted by Crippen LogP contribution is -2.53. The average Bonchev–Trinajstić information content (AvgIpc) is 3.80. The van der Waals surface area contributed by atoms with Crippen LogP contribution >= 0.6 is 0 Å². The summed E-state index contributed by atoms with van der Waals surface area (Å²) in [4.78, 5) is 50.0. The smallest absolute Gasteiger partial charge is 0.270 e. The van der Waals surface area contributed by atoms with Gasteiger partial charge in [-0.2, -0.15) is 0 Å². The van der Waals surface area contributed by atoms with Gasteiger partial charge in [-0.1, -0.05) is 78.9 Å². The Bertz CT molecular complexity index is 2270. The molecule has 0 radical (unpaired) electrons. The molecule has 0 spiro atoms. The summed E-state index contributed by atoms with van der Waals surface area (Å²) in [5.41, 5.74) is 3.81. The number of nitrogens with zero attached hydrogens (tertiary/aromatic N) is 6. The predicted molar refractivity (Wildman–Crippen MR) is 200 cm³/mol. The molecule has 5 heterocycles. The summed E-state index contributed by atoms with van der Waals surface area (Å²) in [6.45, 7) is 1.79. The first-order chi connectivity index (χ1) is 25.3. The number of piperidine rings is 2. The third kappa shape index (κ3) is 6.23. The third-order valence-electron chi connectivity index (χ3n) is 11.0. The summed E-state index contributed by atoms with van der Waals surface area (Å²) in [5, 5.41) is 12.2. The molecule has 0 saturated carbocycles. The lowest BCUT2D eigenvalue weighted by Gasteiger charge is -2.43. The maximum atomic E-state index is 14.3. The monoisotopic (exact) mass is 694 g/mol. The highest BCUT2D eigenvalue weighted by Crippen LogP contribution is 2.36. The number of rotatable bonds is 7. The average molecular weight is 695 g/mol. The Balaban J connectivity index is 0.956. The quantitative estimate of drug-likeness (QED) is 0.238. The lowest BCUT2D eigenvalue weighted by molar-refractivity contribution is -0.142. The zero-order chi connectivity index (χ0) is 35.8. The van der Waals surface area contributed by atoms with Gasteiger partial charge in [-0.3, -0.25) is 19.0 Å². The Labute approximate surface area is 302 Å². The van der Waals surface area contributed by atoms with Gasteiger partial charge in [0.25, 0.3) is 11.5 Å². The molecule has 8 rings (SSSR count). The van der Waals surface area contributed by atoms with Crippen molar-refractivity contribution in [2.24, 2.45) is 13.0 Å². The van der Waals surface area contributed by atoms with E-state index in [0.29, 0.717) is 62.2 Å². The van der Waals surface area contributed by atoms with Gasteiger partial charge in [0.1, 0.15) is 12.0 Å². The molecule has 264 valence electrons. The van der Waals surface area contributed by atoms with Crippen LogP contribution in [0, 0.1) is 5.92 Å². The number of carbonyl (C=O) groups excluding carboxylic acids is 2. The lowest BCUT2D eigenvalue weighted by atomic mass is 9.79. The molecule has 2 amide bonds. The van der Waals surface area contributed by atoms with Crippen molar-refractivity contribution in [1.29, 1.82) is 0 Å². The zero-order valence-corrected chi connectivity index (χ0v) is 29.2. The van der Waals surface area contributed by atoms with E-state index >= 15 is 0 Å². The molecule has 2 fully saturated rings. The fraction of sp³-hybridized carbons (Fsp3) is 0.286. The molecule has 10 heteroatoms. The number of hydrogen-bond donors (Lipinski definition) is 1. The van der Waals surface area contributed by atoms with E-state index in [1.165, 1.54) is 10.9 Å². The Morgan fingerprint density at radius 1 is 0.827 bits per heavy atom. The molecule has 1 N–H and O–H groups in total. The van der Waals surface area contributed by atoms with Crippen LogP contribution in [0.5, 0.6) is 0 Å². The number of aliphatic hydroxyl groups is 1. The number of para-hydroxylation sites is 1. The first-order valence-corrected chi connectivity index (χ1v) is 18.0. The van der Waals surface area contributed by atoms with E-state index in [9.17, 15) is 19.5 Å². The van der Waals surface area contributed by atoms with E-state index in [-0.39, 0.29) is 35.8 Å². The van der Waals surface area contributed by atoms with E-state index in [4.69, 9.17) is 0 Å². The van der Waals surface area contributed by atoms with Gasteiger partial charge < -0.3 is 24.0 Å². The van der Waals surface area contributed by atoms with E-state index in [0.717, 1.165) is 22.5 Å². The van der Waals surface area contributed by atoms with Gasteiger partial charge in [0.15, 0.2) is 5.65 Å². The van der Waals surface area contributed by atoms with Crippen molar-refractivity contribution >= 4 is 22.8 Å². The Morgan fingerprint density at radius 3 is 2.21 bits per heavy atom. The molecule has 52 heavy (non-hydrogen) atoms. The van der Waals surface area contributed by atoms with E-state index in [1.807, 2.05) is 135 Å². The second kappa shape index (κ2) is 13.8. The zero-order valence-electron chi connectivity index (χ0n) is 29.2. The normalized spacial score (nSPS) is 18.8. The summed E-state index contributed by atoms with van der Waals surface area (Å²) in [6, 6.07) is 35.4. The molecule has 2 atom stereocenters. The first-order valence-electron chi connectivity index (χ1n) is 18.0. The van der Waals surface area contributed by atoms with Gasteiger partial charge in [0.2, 0.25) is 5.91 Å². The number of likely N-dealkylation sites (tertiary alicyclic amines) is 2. The molecule has 2 aliphatic heterocycles. The van der Waals surface area contributed by atoms with Crippen LogP contribution in [0.1, 0.15) is 41.2 Å². The minimum Gasteiger partial charge on any atom is -0.388 e. The van der Waals surface area contributed by atoms with Crippen molar-refractivity contribution in [2.45, 2.75) is 37.3 Å². The fourth-order valence-electron chi connectivity index (χ4n) is 8.07. The van der Waals surface area contributed by atoms with Crippen molar-refractivity contribution < 1.29 is 14.7 Å². The summed E-state index contributed by atoms with van der Waals surface area (Å²) in [7, 11) is 1.92. The first kappa shape index (κ1) is 33.4. The number of carbonyl (C=O) groups is 2. The molecule has 2 saturated heterocycles. The minimum atomic E-state index is -1.15. The number of aromatic nitrogens is 4. The minimum absolute atomic E-state index is 0.0425. The van der Waals surface area contributed by atoms with E-state index in [1.54, 1.807) is 6.07 Å². The molecule has 6 aromatic rings. The summed E-state index contributed by atoms with van der Waals surface area (Å²) >= 11 is 0. The van der Waals surface area contributed by atoms with Crippen molar-refractivity contribution in [2.75, 3.05) is 26.2 Å². The highest BCUT2D eigenvalue weighted by molar-refractivity contribution is 5.94. The van der Waals surface area contributed by atoms with Gasteiger partial charge in [-0.15, -0.1) is 0 Å². The van der Waals surface area contributed by atoms with Crippen LogP contribution in [0.15, 0.2) is 127 Å². The predicted octanol–water partition coefficient (Wildman–Crippen LogP) is 5.49. The van der Waals surface area contributed by atoms with E-state index in [2.05, 4.69) is 4.98 Å². The molecule has 3 aromatic heterocycles. The summed E-state index contributed by atoms with van der Waals surface area (Å²) < 4.78 is 5.32. The molecule has 0 aliphatic carbocycles. The molecular weight excluding hydrogens is 652 g/mol. The third-order valence-corrected chi connectivity index (χ3v) is 11.0. The number of hydrogen-bond acceptors (Lipinski definition) is 5. The molecular formula is C42H42N6O4. The molecule has 0 bridgehead atoms. The number of amides is 2. The van der Waals surface area contributed by atoms with Crippen LogP contribution < -0.4 is 5.56 Å². The SMILES string of the molecule is Cn1c(C(=O)N2CC[C@@H](C(=O)N3CCC(O)(Cn4cnc5c(ccn5-c5ccccc5)c4=O)CC3)[C@H](c3ccccc3)C2)ccc1-c1ccccc1. The Morgan fingerprint density at radius 2 is 1.50 bits per heavy atom. The van der Waals surface area contributed by atoms with Crippen LogP contribution in [0.4, 0.5) is 0 Å². The van der Waals surface area contributed by atoms with E-state index < -0.39 is 5.60 Å². The molecule has 3 aromatic carbocycles. The van der Waals surface area contributed by atoms with Crippen molar-refractivity contribution in [3.63, 3.8) is 0 Å². The van der Waals surface area contributed by atoms with Crippen LogP contribution in [-0.2, 0) is 18.4 Å². The van der Waals surface area contributed by atoms with Gasteiger partial charge in [0, 0.05) is 62.6 Å². The number of fused-ring (bicyclic) bond motifs is 1. The molecule has 10 nitrogen and oxygen atoms in total. The fourth-order valence-corrected chi connectivity index (χ4v) is 8.07. The van der Waals surface area contributed by atoms with Crippen molar-refractivity contribution in [3.05, 3.63) is 143 Å². The van der Waals surface area contributed by atoms with Crippen molar-refractivity contribution in [1.82, 2.24) is 28.5 Å². The second-order valence-electron chi connectivity index (χ2n) is 14.2. The summed E-state index contributed by atoms with van der Waals surface area (Å²) in [5.74, 6) is -0.454. The van der Waals surface area contributed by atoms with Crippen LogP contribution in [0.2, 0.25) is 0 Å². The van der Waals surface area contributed by atoms with Crippen LogP contribution in [0.3, 0.4) is 0 Å². The largest absolute Gasteiger partial charge is 0.388 e. The highest BCUT2D eigenvalue weighted by atomic mass is 16.3. The topological polar surface area (TPSA) is 106 Å². The Hall–Kier alpha value is -5.74. The van der Waals surface area contributed by atoms with Gasteiger partial charge in [-0.25, -0.2) is 4.98 Å². The second-order valence-corrected chi connectivity index (χ2v) is 14.2. The van der Waals surface area contributed by atoms with Crippen LogP contribution in [-0.4, -0.2) is 77.2 Å². The standard InChI is InChI=1S/C42H42N6O4/c1-44-36(31-13-7-3-8-14-31)17-18-37(44)41(51)46-23-19-33(35(27-46)30-11-5-2-6-12-30)39(49)45-25-21-42(52,22-26-45)28-47-29-43-38-34(40(47)50)20-24-48(38)32-15-9-4-10-16-32/h2-18,20,24,29,33,35,52H,19,21-23,25-28H2,1H3/t33-,35+/m1/s1. The molecule has 0 unspecified atom stereocenters. The maximum absolute atomic E-state index is 14.3. The van der Waals surface area contributed by atoms with Gasteiger partial charge in [-0.05, 0) is 60.7 Å².